The number of benzene rings is 1. The largest absolute Gasteiger partial charge is 0.508 e. The Bertz CT molecular complexity index is 1730. The van der Waals surface area contributed by atoms with Crippen molar-refractivity contribution < 1.29 is 67.9 Å². The summed E-state index contributed by atoms with van der Waals surface area (Å²) in [6.45, 7) is 0. The molecule has 18 heteroatoms. The van der Waals surface area contributed by atoms with Gasteiger partial charge in [-0.15, -0.1) is 0 Å². The van der Waals surface area contributed by atoms with Gasteiger partial charge < -0.3 is 36.8 Å². The molecule has 1 aromatic carbocycles. The van der Waals surface area contributed by atoms with Crippen LogP contribution in [0.2, 0.25) is 0 Å². The van der Waals surface area contributed by atoms with E-state index in [2.05, 4.69) is 10.6 Å². The molecule has 1 unspecified atom stereocenters. The first-order valence-electron chi connectivity index (χ1n) is 23.7. The number of ketones is 3. The minimum atomic E-state index is -1.35. The van der Waals surface area contributed by atoms with Crippen LogP contribution in [-0.2, 0) is 49.6 Å². The van der Waals surface area contributed by atoms with Crippen molar-refractivity contribution in [2.24, 2.45) is 23.5 Å². The van der Waals surface area contributed by atoms with Crippen LogP contribution in [0.3, 0.4) is 0 Å². The van der Waals surface area contributed by atoms with Crippen LogP contribution in [0.15, 0.2) is 24.3 Å². The van der Waals surface area contributed by atoms with Crippen LogP contribution in [0.5, 0.6) is 5.75 Å². The fourth-order valence-corrected chi connectivity index (χ4v) is 10.6. The number of primary amides is 1. The molecule has 16 nitrogen and oxygen atoms in total. The number of phenolic OH excluding ortho intramolecular Hbond substituents is 1. The molecule has 5 atom stereocenters. The highest BCUT2D eigenvalue weighted by Gasteiger charge is 2.34. The Labute approximate surface area is 401 Å². The molecule has 376 valence electrons. The Hall–Kier alpha value is -4.45. The van der Waals surface area contributed by atoms with Crippen molar-refractivity contribution in [1.29, 1.82) is 0 Å². The molecule has 0 aromatic heterocycles. The van der Waals surface area contributed by atoms with Gasteiger partial charge >= 0.3 is 17.9 Å². The number of nitrogens with one attached hydrogen (secondary N) is 2. The molecule has 1 heterocycles. The number of rotatable bonds is 37. The van der Waals surface area contributed by atoms with Gasteiger partial charge in [0.05, 0.1) is 6.04 Å². The van der Waals surface area contributed by atoms with Crippen molar-refractivity contribution in [2.45, 2.75) is 179 Å². The second kappa shape index (κ2) is 33.9. The molecule has 1 fully saturated rings. The maximum atomic E-state index is 13.6. The number of amides is 3. The number of aliphatic carboxylic acids is 3. The number of hydrogen-bond acceptors (Lipinski definition) is 12. The number of phenols is 1. The number of aromatic hydroxyl groups is 1. The lowest BCUT2D eigenvalue weighted by atomic mass is 9.85. The number of Topliss-reactive ketones (excluding diaryl/α,β-unsaturated/α-hetero) is 3. The highest BCUT2D eigenvalue weighted by Crippen LogP contribution is 2.34. The Morgan fingerprint density at radius 3 is 1.62 bits per heavy atom. The number of nitrogens with two attached hydrogens (primary N) is 1. The number of unbranched alkanes of at least 4 members (excludes halogenated alkanes) is 15. The predicted octanol–water partition coefficient (Wildman–Crippen LogP) is 8.08. The van der Waals surface area contributed by atoms with Crippen molar-refractivity contribution in [3.05, 3.63) is 29.8 Å². The molecule has 1 saturated heterocycles. The van der Waals surface area contributed by atoms with Gasteiger partial charge in [0.2, 0.25) is 17.7 Å². The first-order chi connectivity index (χ1) is 31.5. The molecule has 1 aliphatic heterocycles. The second-order valence-corrected chi connectivity index (χ2v) is 20.1. The van der Waals surface area contributed by atoms with E-state index in [1.165, 1.54) is 85.1 Å². The van der Waals surface area contributed by atoms with Crippen LogP contribution in [0, 0.1) is 17.8 Å². The highest BCUT2D eigenvalue weighted by atomic mass is 33.1. The molecule has 0 radical (unpaired) electrons. The quantitative estimate of drug-likeness (QED) is 0.0245. The monoisotopic (exact) mass is 970 g/mol. The molecule has 2 rings (SSSR count). The van der Waals surface area contributed by atoms with Crippen LogP contribution in [-0.4, -0.2) is 97.0 Å². The molecular formula is C48H79N3O13S2. The third-order valence-electron chi connectivity index (χ3n) is 11.9. The molecule has 0 aliphatic carbocycles. The van der Waals surface area contributed by atoms with Crippen molar-refractivity contribution in [3.8, 4) is 5.75 Å². The van der Waals surface area contributed by atoms with Gasteiger partial charge in [0.25, 0.3) is 0 Å². The van der Waals surface area contributed by atoms with E-state index in [0.29, 0.717) is 17.7 Å². The maximum Gasteiger partial charge on any atom is 0.326 e. The maximum absolute atomic E-state index is 13.6. The van der Waals surface area contributed by atoms with Crippen LogP contribution in [0.1, 0.15) is 170 Å². The Morgan fingerprint density at radius 2 is 1.11 bits per heavy atom. The molecular weight excluding hydrogens is 891 g/mol. The smallest absolute Gasteiger partial charge is 0.326 e. The Kier molecular flexibility index (Phi) is 29.7. The van der Waals surface area contributed by atoms with E-state index in [-0.39, 0.29) is 85.1 Å². The number of carboxylic acids is 3. The third-order valence-corrected chi connectivity index (χ3v) is 14.5. The third kappa shape index (κ3) is 26.6. The summed E-state index contributed by atoms with van der Waals surface area (Å²) in [7, 11) is 2.66. The van der Waals surface area contributed by atoms with E-state index in [4.69, 9.17) is 10.8 Å². The normalized spacial score (nSPS) is 16.5. The fourth-order valence-electron chi connectivity index (χ4n) is 7.87. The topological polar surface area (TPSA) is 285 Å². The lowest BCUT2D eigenvalue weighted by Crippen LogP contribution is -2.44. The number of carbonyl (C=O) groups excluding carboxylic acids is 6. The zero-order valence-electron chi connectivity index (χ0n) is 38.4. The van der Waals surface area contributed by atoms with Gasteiger partial charge in [-0.1, -0.05) is 124 Å². The molecule has 0 bridgehead atoms. The summed E-state index contributed by atoms with van der Waals surface area (Å²) in [6, 6.07) is 3.55. The summed E-state index contributed by atoms with van der Waals surface area (Å²) in [5.74, 6) is -8.14. The molecule has 0 saturated carbocycles. The fraction of sp³-hybridized carbons (Fsp3) is 0.688. The molecule has 66 heavy (non-hydrogen) atoms. The van der Waals surface area contributed by atoms with E-state index in [9.17, 15) is 58.5 Å². The summed E-state index contributed by atoms with van der Waals surface area (Å²) in [5.41, 5.74) is 6.31. The highest BCUT2D eigenvalue weighted by molar-refractivity contribution is 8.76. The Balaban J connectivity index is 0. The lowest BCUT2D eigenvalue weighted by molar-refractivity contribution is -0.142. The minimum absolute atomic E-state index is 0. The van der Waals surface area contributed by atoms with Crippen LogP contribution in [0.4, 0.5) is 0 Å². The predicted molar refractivity (Wildman–Crippen MR) is 260 cm³/mol. The summed E-state index contributed by atoms with van der Waals surface area (Å²) in [4.78, 5) is 112. The van der Waals surface area contributed by atoms with E-state index < -0.39 is 77.7 Å². The molecule has 1 aliphatic rings. The van der Waals surface area contributed by atoms with Crippen LogP contribution >= 0.6 is 21.6 Å². The average molecular weight is 970 g/mol. The zero-order valence-corrected chi connectivity index (χ0v) is 40.0. The first-order valence-corrected chi connectivity index (χ1v) is 26.2. The van der Waals surface area contributed by atoms with E-state index >= 15 is 0 Å². The molecule has 3 amide bonds. The summed E-state index contributed by atoms with van der Waals surface area (Å²) < 4.78 is 0. The van der Waals surface area contributed by atoms with Gasteiger partial charge in [0, 0.05) is 78.5 Å². The van der Waals surface area contributed by atoms with Gasteiger partial charge in [-0.05, 0) is 49.8 Å². The standard InChI is InChI=1S/C48H73N3O13S2.3H2/c49-47(62)34(27-33-19-21-37(52)22-20-33)28-40(53)35-29-41(54)36(32-66-65-31-35)30-42(55)38(24-26-46(60)61)50-44(57)25-23-39(48(63)64)51-43(56)17-15-13-11-9-7-5-3-1-2-4-6-8-10-12-14-16-18-45(58)59;;;/h19-22,34-36,38-39,52H,1-18,23-32H2,(H2,49,62)(H,50,57)(H,51,56)(H,58,59)(H,60,61)(H,63,64);3*1H/t34-,35+,36+,38+,39?;;;/m1.../s1. The Morgan fingerprint density at radius 1 is 0.636 bits per heavy atom. The van der Waals surface area contributed by atoms with Gasteiger partial charge in [0.15, 0.2) is 5.78 Å². The molecule has 8 N–H and O–H groups in total. The SMILES string of the molecule is NC(=O)[C@@H](CC(=O)[C@@H]1CSSC[C@H](CC(=O)[C@H](CCC(=O)O)NC(=O)CCC(NC(=O)CCCCCCCCCCCCCCCCCCC(=O)O)C(=O)O)C(=O)C1)Cc1ccc(O)cc1.[HH].[HH].[HH]. The van der Waals surface area contributed by atoms with Crippen molar-refractivity contribution in [3.63, 3.8) is 0 Å². The number of carbonyl (C=O) groups is 9. The lowest BCUT2D eigenvalue weighted by Gasteiger charge is -2.25. The average Bonchev–Trinajstić information content (AvgIpc) is 3.25. The summed E-state index contributed by atoms with van der Waals surface area (Å²) >= 11 is 0. The van der Waals surface area contributed by atoms with Gasteiger partial charge in [-0.3, -0.25) is 38.4 Å². The van der Waals surface area contributed by atoms with Crippen molar-refractivity contribution in [2.75, 3.05) is 11.5 Å². The number of carboxylic acid groups (broad SMARTS) is 3. The van der Waals surface area contributed by atoms with E-state index in [1.54, 1.807) is 12.1 Å². The van der Waals surface area contributed by atoms with Gasteiger partial charge in [-0.25, -0.2) is 4.79 Å². The van der Waals surface area contributed by atoms with E-state index in [1.807, 2.05) is 0 Å². The summed E-state index contributed by atoms with van der Waals surface area (Å²) in [6.07, 6.45) is 15.6. The summed E-state index contributed by atoms with van der Waals surface area (Å²) in [5, 5.41) is 42.3. The van der Waals surface area contributed by atoms with Crippen LogP contribution < -0.4 is 16.4 Å². The zero-order chi connectivity index (χ0) is 48.7. The first kappa shape index (κ1) is 57.7. The molecule has 1 aromatic rings. The van der Waals surface area contributed by atoms with E-state index in [0.717, 1.165) is 44.9 Å². The van der Waals surface area contributed by atoms with Gasteiger partial charge in [0.1, 0.15) is 23.4 Å². The van der Waals surface area contributed by atoms with Crippen LogP contribution in [0.25, 0.3) is 0 Å². The van der Waals surface area contributed by atoms with Gasteiger partial charge in [-0.2, -0.15) is 0 Å². The molecule has 0 spiro atoms. The minimum Gasteiger partial charge on any atom is -0.508 e. The number of hydrogen-bond donors (Lipinski definition) is 7. The van der Waals surface area contributed by atoms with Crippen molar-refractivity contribution >= 4 is 74.6 Å². The van der Waals surface area contributed by atoms with Crippen molar-refractivity contribution in [1.82, 2.24) is 10.6 Å². The second-order valence-electron chi connectivity index (χ2n) is 17.5.